The standard InChI is InChI=1S/C15H12ClNOS/c16-11-1-4-13(5-2-11)18-9-14-8-10-7-12(17)3-6-15(10)19-14/h1-8H,9,17H2. The molecule has 0 saturated heterocycles. The zero-order valence-corrected chi connectivity index (χ0v) is 11.7. The van der Waals surface area contributed by atoms with Crippen LogP contribution in [0.5, 0.6) is 5.75 Å². The highest BCUT2D eigenvalue weighted by atomic mass is 35.5. The van der Waals surface area contributed by atoms with Crippen molar-refractivity contribution in [2.45, 2.75) is 6.61 Å². The van der Waals surface area contributed by atoms with E-state index < -0.39 is 0 Å². The Kier molecular flexibility index (Phi) is 3.32. The van der Waals surface area contributed by atoms with E-state index in [4.69, 9.17) is 22.1 Å². The first-order valence-electron chi connectivity index (χ1n) is 5.87. The quantitative estimate of drug-likeness (QED) is 0.708. The summed E-state index contributed by atoms with van der Waals surface area (Å²) < 4.78 is 6.95. The van der Waals surface area contributed by atoms with Crippen LogP contribution in [0, 0.1) is 0 Å². The van der Waals surface area contributed by atoms with Crippen molar-refractivity contribution in [2.75, 3.05) is 5.73 Å². The second-order valence-electron chi connectivity index (χ2n) is 4.25. The number of fused-ring (bicyclic) bond motifs is 1. The average Bonchev–Trinajstić information content (AvgIpc) is 2.80. The number of ether oxygens (including phenoxy) is 1. The summed E-state index contributed by atoms with van der Waals surface area (Å²) in [5.41, 5.74) is 6.56. The molecule has 0 aliphatic heterocycles. The van der Waals surface area contributed by atoms with E-state index in [-0.39, 0.29) is 0 Å². The molecule has 0 unspecified atom stereocenters. The number of rotatable bonds is 3. The fourth-order valence-electron chi connectivity index (χ4n) is 1.87. The summed E-state index contributed by atoms with van der Waals surface area (Å²) in [4.78, 5) is 1.18. The molecule has 3 rings (SSSR count). The van der Waals surface area contributed by atoms with Gasteiger partial charge >= 0.3 is 0 Å². The number of benzene rings is 2. The average molecular weight is 290 g/mol. The van der Waals surface area contributed by atoms with Crippen molar-refractivity contribution in [3.63, 3.8) is 0 Å². The predicted octanol–water partition coefficient (Wildman–Crippen LogP) is 4.72. The van der Waals surface area contributed by atoms with Crippen molar-refractivity contribution in [1.29, 1.82) is 0 Å². The Morgan fingerprint density at radius 3 is 2.63 bits per heavy atom. The first-order chi connectivity index (χ1) is 9.20. The molecule has 0 fully saturated rings. The molecule has 0 aliphatic rings. The van der Waals surface area contributed by atoms with Crippen molar-refractivity contribution in [2.24, 2.45) is 0 Å². The molecule has 2 N–H and O–H groups in total. The summed E-state index contributed by atoms with van der Waals surface area (Å²) in [6, 6.07) is 15.4. The Hall–Kier alpha value is -1.71. The number of nitrogens with two attached hydrogens (primary N) is 1. The van der Waals surface area contributed by atoms with Gasteiger partial charge in [-0.1, -0.05) is 11.6 Å². The third-order valence-electron chi connectivity index (χ3n) is 2.79. The molecule has 2 aromatic carbocycles. The van der Waals surface area contributed by atoms with Crippen LogP contribution >= 0.6 is 22.9 Å². The maximum Gasteiger partial charge on any atom is 0.122 e. The maximum atomic E-state index is 5.83. The smallest absolute Gasteiger partial charge is 0.122 e. The van der Waals surface area contributed by atoms with E-state index in [9.17, 15) is 0 Å². The molecule has 0 bridgehead atoms. The minimum absolute atomic E-state index is 0.556. The summed E-state index contributed by atoms with van der Waals surface area (Å²) in [5, 5.41) is 1.88. The zero-order valence-electron chi connectivity index (χ0n) is 10.1. The number of thiophene rings is 1. The third-order valence-corrected chi connectivity index (χ3v) is 4.13. The summed E-state index contributed by atoms with van der Waals surface area (Å²) >= 11 is 7.55. The molecule has 2 nitrogen and oxygen atoms in total. The van der Waals surface area contributed by atoms with E-state index >= 15 is 0 Å². The maximum absolute atomic E-state index is 5.83. The fourth-order valence-corrected chi connectivity index (χ4v) is 2.96. The van der Waals surface area contributed by atoms with Crippen LogP contribution in [0.15, 0.2) is 48.5 Å². The van der Waals surface area contributed by atoms with E-state index in [2.05, 4.69) is 6.07 Å². The lowest BCUT2D eigenvalue weighted by Gasteiger charge is -2.03. The SMILES string of the molecule is Nc1ccc2sc(COc3ccc(Cl)cc3)cc2c1. The Bertz CT molecular complexity index is 706. The summed E-state index contributed by atoms with van der Waals surface area (Å²) in [6.45, 7) is 0.556. The molecule has 4 heteroatoms. The van der Waals surface area contributed by atoms with Gasteiger partial charge in [0.05, 0.1) is 0 Å². The normalized spacial score (nSPS) is 10.8. The van der Waals surface area contributed by atoms with Crippen LogP contribution in [0.3, 0.4) is 0 Å². The van der Waals surface area contributed by atoms with E-state index in [1.165, 1.54) is 15.0 Å². The van der Waals surface area contributed by atoms with Crippen molar-refractivity contribution < 1.29 is 4.74 Å². The molecule has 1 aromatic heterocycles. The van der Waals surface area contributed by atoms with Gasteiger partial charge in [-0.05, 0) is 53.9 Å². The molecule has 1 heterocycles. The Balaban J connectivity index is 1.76. The van der Waals surface area contributed by atoms with E-state index in [0.717, 1.165) is 11.4 Å². The minimum Gasteiger partial charge on any atom is -0.488 e. The van der Waals surface area contributed by atoms with Gasteiger partial charge in [0, 0.05) is 20.3 Å². The number of anilines is 1. The van der Waals surface area contributed by atoms with Gasteiger partial charge in [0.2, 0.25) is 0 Å². The van der Waals surface area contributed by atoms with E-state index in [0.29, 0.717) is 11.6 Å². The molecule has 96 valence electrons. The molecule has 0 saturated carbocycles. The number of halogens is 1. The highest BCUT2D eigenvalue weighted by Gasteiger charge is 2.03. The van der Waals surface area contributed by atoms with Crippen LogP contribution in [0.1, 0.15) is 4.88 Å². The Labute approximate surface area is 120 Å². The highest BCUT2D eigenvalue weighted by molar-refractivity contribution is 7.19. The van der Waals surface area contributed by atoms with Crippen molar-refractivity contribution in [1.82, 2.24) is 0 Å². The second-order valence-corrected chi connectivity index (χ2v) is 5.86. The molecule has 0 atom stereocenters. The topological polar surface area (TPSA) is 35.2 Å². The predicted molar refractivity (Wildman–Crippen MR) is 82.0 cm³/mol. The lowest BCUT2D eigenvalue weighted by molar-refractivity contribution is 0.310. The Morgan fingerprint density at radius 1 is 1.05 bits per heavy atom. The van der Waals surface area contributed by atoms with Gasteiger partial charge in [-0.15, -0.1) is 11.3 Å². The van der Waals surface area contributed by atoms with Gasteiger partial charge in [-0.25, -0.2) is 0 Å². The van der Waals surface area contributed by atoms with E-state index in [1.807, 2.05) is 42.5 Å². The monoisotopic (exact) mass is 289 g/mol. The van der Waals surface area contributed by atoms with Gasteiger partial charge in [0.15, 0.2) is 0 Å². The first-order valence-corrected chi connectivity index (χ1v) is 7.06. The summed E-state index contributed by atoms with van der Waals surface area (Å²) in [7, 11) is 0. The van der Waals surface area contributed by atoms with Gasteiger partial charge in [0.25, 0.3) is 0 Å². The van der Waals surface area contributed by atoms with Gasteiger partial charge in [-0.2, -0.15) is 0 Å². The molecular weight excluding hydrogens is 278 g/mol. The zero-order chi connectivity index (χ0) is 13.2. The number of hydrogen-bond acceptors (Lipinski definition) is 3. The van der Waals surface area contributed by atoms with Gasteiger partial charge < -0.3 is 10.5 Å². The first kappa shape index (κ1) is 12.3. The molecule has 0 aliphatic carbocycles. The third kappa shape index (κ3) is 2.83. The van der Waals surface area contributed by atoms with Gasteiger partial charge in [-0.3, -0.25) is 0 Å². The molecule has 19 heavy (non-hydrogen) atoms. The number of nitrogen functional groups attached to an aromatic ring is 1. The lowest BCUT2D eigenvalue weighted by Crippen LogP contribution is -1.91. The Morgan fingerprint density at radius 2 is 1.84 bits per heavy atom. The highest BCUT2D eigenvalue weighted by Crippen LogP contribution is 2.28. The van der Waals surface area contributed by atoms with Crippen LogP contribution < -0.4 is 10.5 Å². The summed E-state index contributed by atoms with van der Waals surface area (Å²) in [5.74, 6) is 0.821. The van der Waals surface area contributed by atoms with Crippen LogP contribution in [0.2, 0.25) is 5.02 Å². The largest absolute Gasteiger partial charge is 0.488 e. The fraction of sp³-hybridized carbons (Fsp3) is 0.0667. The lowest BCUT2D eigenvalue weighted by atomic mass is 10.2. The number of hydrogen-bond donors (Lipinski definition) is 1. The van der Waals surface area contributed by atoms with Crippen molar-refractivity contribution >= 4 is 38.7 Å². The van der Waals surface area contributed by atoms with Crippen LogP contribution in [0.4, 0.5) is 5.69 Å². The minimum atomic E-state index is 0.556. The van der Waals surface area contributed by atoms with Gasteiger partial charge in [0.1, 0.15) is 12.4 Å². The van der Waals surface area contributed by atoms with Crippen LogP contribution in [-0.2, 0) is 6.61 Å². The van der Waals surface area contributed by atoms with Crippen LogP contribution in [-0.4, -0.2) is 0 Å². The van der Waals surface area contributed by atoms with Crippen LogP contribution in [0.25, 0.3) is 10.1 Å². The molecule has 0 radical (unpaired) electrons. The van der Waals surface area contributed by atoms with Crippen molar-refractivity contribution in [3.8, 4) is 5.75 Å². The summed E-state index contributed by atoms with van der Waals surface area (Å²) in [6.07, 6.45) is 0. The molecule has 0 spiro atoms. The second kappa shape index (κ2) is 5.11. The van der Waals surface area contributed by atoms with Crippen molar-refractivity contribution in [3.05, 3.63) is 58.4 Å². The van der Waals surface area contributed by atoms with E-state index in [1.54, 1.807) is 11.3 Å². The molecule has 3 aromatic rings. The molecule has 0 amide bonds. The molecular formula is C15H12ClNOS.